The van der Waals surface area contributed by atoms with Crippen LogP contribution in [0.1, 0.15) is 26.2 Å². The first kappa shape index (κ1) is 18.8. The zero-order valence-electron chi connectivity index (χ0n) is 14.3. The van der Waals surface area contributed by atoms with Crippen LogP contribution in [0.25, 0.3) is 0 Å². The number of aliphatic carboxylic acids is 1. The molecule has 0 spiro atoms. The minimum atomic E-state index is -1.05. The Hall–Kier alpha value is -2.57. The van der Waals surface area contributed by atoms with Crippen molar-refractivity contribution in [1.82, 2.24) is 10.2 Å². The molecule has 0 aliphatic carbocycles. The quantitative estimate of drug-likeness (QED) is 0.774. The Bertz CT molecular complexity index is 605. The molecule has 0 bridgehead atoms. The molecule has 1 aromatic rings. The lowest BCUT2D eigenvalue weighted by Crippen LogP contribution is -2.50. The molecule has 0 aromatic heterocycles. The van der Waals surface area contributed by atoms with E-state index in [1.165, 1.54) is 0 Å². The van der Waals surface area contributed by atoms with Crippen molar-refractivity contribution in [3.8, 4) is 5.75 Å². The number of ether oxygens (including phenoxy) is 1. The van der Waals surface area contributed by atoms with Crippen LogP contribution >= 0.6 is 0 Å². The van der Waals surface area contributed by atoms with Gasteiger partial charge in [-0.1, -0.05) is 25.1 Å². The molecule has 0 saturated carbocycles. The number of carbonyl (C=O) groups excluding carboxylic acids is 2. The Morgan fingerprint density at radius 3 is 2.68 bits per heavy atom. The van der Waals surface area contributed by atoms with Crippen molar-refractivity contribution >= 4 is 17.8 Å². The van der Waals surface area contributed by atoms with Crippen molar-refractivity contribution in [3.05, 3.63) is 30.3 Å². The highest BCUT2D eigenvalue weighted by Gasteiger charge is 2.30. The summed E-state index contributed by atoms with van der Waals surface area (Å²) in [6.45, 7) is 2.50. The first-order valence-corrected chi connectivity index (χ1v) is 8.50. The van der Waals surface area contributed by atoms with Crippen molar-refractivity contribution in [2.24, 2.45) is 5.92 Å². The first-order valence-electron chi connectivity index (χ1n) is 8.50. The molecule has 1 aliphatic rings. The van der Waals surface area contributed by atoms with E-state index in [0.29, 0.717) is 38.1 Å². The van der Waals surface area contributed by atoms with Gasteiger partial charge in [-0.05, 0) is 31.4 Å². The van der Waals surface area contributed by atoms with Gasteiger partial charge in [0, 0.05) is 13.1 Å². The normalized spacial score (nSPS) is 18.3. The molecule has 1 aliphatic heterocycles. The second-order valence-corrected chi connectivity index (χ2v) is 6.09. The van der Waals surface area contributed by atoms with Crippen LogP contribution in [-0.2, 0) is 14.4 Å². The number of amides is 2. The maximum Gasteiger partial charge on any atom is 0.326 e. The van der Waals surface area contributed by atoms with Gasteiger partial charge in [0.2, 0.25) is 5.91 Å². The third-order valence-corrected chi connectivity index (χ3v) is 4.27. The van der Waals surface area contributed by atoms with Crippen LogP contribution in [-0.4, -0.2) is 53.5 Å². The molecule has 1 fully saturated rings. The van der Waals surface area contributed by atoms with Gasteiger partial charge in [-0.15, -0.1) is 0 Å². The zero-order chi connectivity index (χ0) is 18.2. The molecule has 2 atom stereocenters. The summed E-state index contributed by atoms with van der Waals surface area (Å²) in [7, 11) is 0. The van der Waals surface area contributed by atoms with E-state index in [1.807, 2.05) is 18.2 Å². The summed E-state index contributed by atoms with van der Waals surface area (Å²) in [6, 6.07) is 8.18. The van der Waals surface area contributed by atoms with Crippen LogP contribution in [0.3, 0.4) is 0 Å². The predicted molar refractivity (Wildman–Crippen MR) is 91.1 cm³/mol. The van der Waals surface area contributed by atoms with Crippen molar-refractivity contribution in [2.75, 3.05) is 19.7 Å². The number of para-hydroxylation sites is 1. The molecule has 7 nitrogen and oxygen atoms in total. The molecule has 2 amide bonds. The number of nitrogens with one attached hydrogen (secondary N) is 1. The second kappa shape index (κ2) is 9.05. The Balaban J connectivity index is 1.85. The van der Waals surface area contributed by atoms with Crippen molar-refractivity contribution in [1.29, 1.82) is 0 Å². The predicted octanol–water partition coefficient (Wildman–Crippen LogP) is 1.28. The molecule has 1 heterocycles. The maximum atomic E-state index is 12.3. The smallest absolute Gasteiger partial charge is 0.326 e. The fourth-order valence-electron chi connectivity index (χ4n) is 2.80. The number of hydrogen-bond acceptors (Lipinski definition) is 4. The average Bonchev–Trinajstić information content (AvgIpc) is 2.64. The van der Waals surface area contributed by atoms with Gasteiger partial charge >= 0.3 is 5.97 Å². The van der Waals surface area contributed by atoms with Crippen LogP contribution in [0.4, 0.5) is 0 Å². The summed E-state index contributed by atoms with van der Waals surface area (Å²) in [6.07, 6.45) is 1.67. The van der Waals surface area contributed by atoms with Crippen molar-refractivity contribution in [2.45, 2.75) is 32.2 Å². The van der Waals surface area contributed by atoms with Crippen molar-refractivity contribution < 1.29 is 24.2 Å². The number of carboxylic acids is 1. The summed E-state index contributed by atoms with van der Waals surface area (Å²) in [4.78, 5) is 37.2. The van der Waals surface area contributed by atoms with Crippen LogP contribution in [0.2, 0.25) is 0 Å². The number of rotatable bonds is 7. The number of hydrogen-bond donors (Lipinski definition) is 2. The maximum absolute atomic E-state index is 12.3. The number of likely N-dealkylation sites (tertiary alicyclic amines) is 1. The van der Waals surface area contributed by atoms with Crippen LogP contribution in [0, 0.1) is 5.92 Å². The van der Waals surface area contributed by atoms with Gasteiger partial charge in [0.25, 0.3) is 5.91 Å². The Labute approximate surface area is 147 Å². The molecule has 7 heteroatoms. The highest BCUT2D eigenvalue weighted by atomic mass is 16.5. The van der Waals surface area contributed by atoms with Crippen LogP contribution < -0.4 is 10.1 Å². The first-order chi connectivity index (χ1) is 12.0. The van der Waals surface area contributed by atoms with E-state index in [9.17, 15) is 14.4 Å². The van der Waals surface area contributed by atoms with E-state index in [-0.39, 0.29) is 24.3 Å². The van der Waals surface area contributed by atoms with E-state index in [4.69, 9.17) is 9.84 Å². The van der Waals surface area contributed by atoms with Gasteiger partial charge < -0.3 is 20.1 Å². The summed E-state index contributed by atoms with van der Waals surface area (Å²) < 4.78 is 5.46. The Morgan fingerprint density at radius 2 is 2.04 bits per heavy atom. The Kier molecular flexibility index (Phi) is 6.80. The molecule has 1 saturated heterocycles. The van der Waals surface area contributed by atoms with E-state index in [2.05, 4.69) is 5.32 Å². The fourth-order valence-corrected chi connectivity index (χ4v) is 2.80. The summed E-state index contributed by atoms with van der Waals surface area (Å²) in [5, 5.41) is 11.6. The molecule has 0 radical (unpaired) electrons. The fraction of sp³-hybridized carbons (Fsp3) is 0.500. The molecule has 2 rings (SSSR count). The lowest BCUT2D eigenvalue weighted by Gasteiger charge is -2.32. The zero-order valence-corrected chi connectivity index (χ0v) is 14.3. The number of carbonyl (C=O) groups is 3. The van der Waals surface area contributed by atoms with Gasteiger partial charge in [-0.3, -0.25) is 9.59 Å². The highest BCUT2D eigenvalue weighted by Crippen LogP contribution is 2.18. The van der Waals surface area contributed by atoms with Gasteiger partial charge in [-0.25, -0.2) is 4.79 Å². The van der Waals surface area contributed by atoms with Gasteiger partial charge in [0.05, 0.1) is 5.92 Å². The summed E-state index contributed by atoms with van der Waals surface area (Å²) in [5.41, 5.74) is 0. The average molecular weight is 348 g/mol. The number of benzene rings is 1. The van der Waals surface area contributed by atoms with Crippen LogP contribution in [0.15, 0.2) is 30.3 Å². The molecule has 1 aromatic carbocycles. The third-order valence-electron chi connectivity index (χ3n) is 4.27. The molecular formula is C18H24N2O5. The monoisotopic (exact) mass is 348 g/mol. The van der Waals surface area contributed by atoms with Gasteiger partial charge in [0.15, 0.2) is 6.61 Å². The Morgan fingerprint density at radius 1 is 1.32 bits per heavy atom. The molecule has 136 valence electrons. The number of piperidine rings is 1. The van der Waals surface area contributed by atoms with E-state index < -0.39 is 12.0 Å². The van der Waals surface area contributed by atoms with E-state index >= 15 is 0 Å². The van der Waals surface area contributed by atoms with Gasteiger partial charge in [-0.2, -0.15) is 0 Å². The molecule has 2 unspecified atom stereocenters. The lowest BCUT2D eigenvalue weighted by molar-refractivity contribution is -0.144. The molecule has 2 N–H and O–H groups in total. The van der Waals surface area contributed by atoms with Crippen molar-refractivity contribution in [3.63, 3.8) is 0 Å². The topological polar surface area (TPSA) is 95.9 Å². The SMILES string of the molecule is CCC(NC(=O)C1CCCN(C(=O)COc2ccccc2)C1)C(=O)O. The van der Waals surface area contributed by atoms with Crippen LogP contribution in [0.5, 0.6) is 5.75 Å². The highest BCUT2D eigenvalue weighted by molar-refractivity contribution is 5.86. The molecular weight excluding hydrogens is 324 g/mol. The van der Waals surface area contributed by atoms with E-state index in [0.717, 1.165) is 0 Å². The largest absolute Gasteiger partial charge is 0.484 e. The third kappa shape index (κ3) is 5.48. The summed E-state index contributed by atoms with van der Waals surface area (Å²) >= 11 is 0. The standard InChI is InChI=1S/C18H24N2O5/c1-2-15(18(23)24)19-17(22)13-7-6-10-20(11-13)16(21)12-25-14-8-4-3-5-9-14/h3-5,8-9,13,15H,2,6-7,10-12H2,1H3,(H,19,22)(H,23,24). The second-order valence-electron chi connectivity index (χ2n) is 6.09. The number of nitrogens with zero attached hydrogens (tertiary/aromatic N) is 1. The lowest BCUT2D eigenvalue weighted by atomic mass is 9.96. The minimum absolute atomic E-state index is 0.0783. The van der Waals surface area contributed by atoms with E-state index in [1.54, 1.807) is 24.0 Å². The van der Waals surface area contributed by atoms with Gasteiger partial charge in [0.1, 0.15) is 11.8 Å². The summed E-state index contributed by atoms with van der Waals surface area (Å²) in [5.74, 6) is -1.30. The number of carboxylic acid groups (broad SMARTS) is 1. The molecule has 25 heavy (non-hydrogen) atoms. The minimum Gasteiger partial charge on any atom is -0.484 e.